The maximum atomic E-state index is 12.9. The number of rotatable bonds is 7. The first-order chi connectivity index (χ1) is 13.2. The van der Waals surface area contributed by atoms with Gasteiger partial charge in [0.1, 0.15) is 0 Å². The molecule has 2 saturated carbocycles. The van der Waals surface area contributed by atoms with Gasteiger partial charge >= 0.3 is 0 Å². The van der Waals surface area contributed by atoms with Gasteiger partial charge in [-0.1, -0.05) is 12.8 Å². The fourth-order valence-electron chi connectivity index (χ4n) is 5.30. The summed E-state index contributed by atoms with van der Waals surface area (Å²) in [6, 6.07) is 0.287. The highest BCUT2D eigenvalue weighted by Gasteiger charge is 2.32. The predicted octanol–water partition coefficient (Wildman–Crippen LogP) is 3.51. The molecule has 6 heteroatoms. The van der Waals surface area contributed by atoms with E-state index < -0.39 is 0 Å². The lowest BCUT2D eigenvalue weighted by molar-refractivity contribution is -0.138. The Hall–Kier alpha value is -0.810. The molecule has 162 valence electrons. The Balaban J connectivity index is 0.00000280. The highest BCUT2D eigenvalue weighted by Crippen LogP contribution is 2.30. The van der Waals surface area contributed by atoms with Crippen LogP contribution in [0.4, 0.5) is 0 Å². The summed E-state index contributed by atoms with van der Waals surface area (Å²) in [7, 11) is 2.01. The molecule has 2 amide bonds. The van der Waals surface area contributed by atoms with Gasteiger partial charge in [0.2, 0.25) is 11.8 Å². The van der Waals surface area contributed by atoms with Gasteiger partial charge in [0.15, 0.2) is 0 Å². The molecule has 0 unspecified atom stereocenters. The van der Waals surface area contributed by atoms with E-state index in [0.717, 1.165) is 64.1 Å². The molecular weight excluding hydrogens is 374 g/mol. The molecule has 1 aliphatic heterocycles. The molecular formula is C22H40ClN3O2. The predicted molar refractivity (Wildman–Crippen MR) is 116 cm³/mol. The normalized spacial score (nSPS) is 26.7. The van der Waals surface area contributed by atoms with E-state index in [2.05, 4.69) is 15.5 Å². The van der Waals surface area contributed by atoms with Crippen LogP contribution < -0.4 is 10.6 Å². The summed E-state index contributed by atoms with van der Waals surface area (Å²) in [6.07, 6.45) is 13.1. The molecule has 28 heavy (non-hydrogen) atoms. The van der Waals surface area contributed by atoms with Crippen molar-refractivity contribution in [2.45, 2.75) is 83.1 Å². The van der Waals surface area contributed by atoms with Crippen LogP contribution in [0.5, 0.6) is 0 Å². The van der Waals surface area contributed by atoms with Gasteiger partial charge in [-0.3, -0.25) is 9.59 Å². The zero-order valence-electron chi connectivity index (χ0n) is 17.6. The Morgan fingerprint density at radius 1 is 0.893 bits per heavy atom. The van der Waals surface area contributed by atoms with Crippen LogP contribution in [0.2, 0.25) is 0 Å². The molecule has 3 rings (SSSR count). The number of halogens is 1. The van der Waals surface area contributed by atoms with Crippen LogP contribution in [0, 0.1) is 17.8 Å². The summed E-state index contributed by atoms with van der Waals surface area (Å²) in [6.45, 7) is 2.95. The van der Waals surface area contributed by atoms with Gasteiger partial charge in [0, 0.05) is 31.5 Å². The Morgan fingerprint density at radius 2 is 1.54 bits per heavy atom. The number of hydrogen-bond donors (Lipinski definition) is 2. The maximum Gasteiger partial charge on any atom is 0.225 e. The minimum Gasteiger partial charge on any atom is -0.353 e. The molecule has 2 aliphatic carbocycles. The minimum atomic E-state index is 0. The second-order valence-electron chi connectivity index (χ2n) is 9.13. The zero-order chi connectivity index (χ0) is 19.1. The number of carbonyl (C=O) groups excluding carboxylic acids is 2. The number of carbonyl (C=O) groups is 2. The lowest BCUT2D eigenvalue weighted by Crippen LogP contribution is -2.45. The molecule has 0 radical (unpaired) electrons. The Kier molecular flexibility index (Phi) is 10.1. The molecule has 0 bridgehead atoms. The van der Waals surface area contributed by atoms with E-state index in [-0.39, 0.29) is 30.3 Å². The molecule has 0 spiro atoms. The molecule has 3 aliphatic rings. The molecule has 0 aromatic rings. The fraction of sp³-hybridized carbons (Fsp3) is 0.909. The van der Waals surface area contributed by atoms with Crippen molar-refractivity contribution in [2.24, 2.45) is 17.8 Å². The summed E-state index contributed by atoms with van der Waals surface area (Å²) in [5.41, 5.74) is 0. The average Bonchev–Trinajstić information content (AvgIpc) is 3.19. The average molecular weight is 414 g/mol. The smallest absolute Gasteiger partial charge is 0.225 e. The van der Waals surface area contributed by atoms with Crippen LogP contribution in [-0.2, 0) is 9.59 Å². The number of nitrogens with zero attached hydrogens (tertiary/aromatic N) is 1. The summed E-state index contributed by atoms with van der Waals surface area (Å²) < 4.78 is 0. The minimum absolute atomic E-state index is 0. The van der Waals surface area contributed by atoms with E-state index in [1.165, 1.54) is 32.1 Å². The standard InChI is InChI=1S/C22H39N3O2.ClH/c1-23-13-10-17-11-14-25(15-12-17)22(27)19-6-8-20(9-7-19)24-21(26)16-18-4-2-3-5-18;/h17-20,23H,2-16H2,1H3,(H,24,26);1H. The monoisotopic (exact) mass is 413 g/mol. The van der Waals surface area contributed by atoms with E-state index in [4.69, 9.17) is 0 Å². The summed E-state index contributed by atoms with van der Waals surface area (Å²) in [4.78, 5) is 27.2. The lowest BCUT2D eigenvalue weighted by Gasteiger charge is -2.36. The van der Waals surface area contributed by atoms with Gasteiger partial charge in [-0.25, -0.2) is 0 Å². The zero-order valence-corrected chi connectivity index (χ0v) is 18.4. The van der Waals surface area contributed by atoms with Gasteiger partial charge < -0.3 is 15.5 Å². The molecule has 0 atom stereocenters. The van der Waals surface area contributed by atoms with Crippen molar-refractivity contribution in [3.05, 3.63) is 0 Å². The molecule has 5 nitrogen and oxygen atoms in total. The Labute approximate surface area is 177 Å². The first-order valence-electron chi connectivity index (χ1n) is 11.4. The van der Waals surface area contributed by atoms with Gasteiger partial charge in [-0.15, -0.1) is 12.4 Å². The third-order valence-electron chi connectivity index (χ3n) is 7.12. The molecule has 0 aromatic carbocycles. The van der Waals surface area contributed by atoms with Gasteiger partial charge in [0.25, 0.3) is 0 Å². The molecule has 1 heterocycles. The highest BCUT2D eigenvalue weighted by molar-refractivity contribution is 5.85. The SMILES string of the molecule is CNCCC1CCN(C(=O)C2CCC(NC(=O)CC3CCCC3)CC2)CC1.Cl. The number of hydrogen-bond acceptors (Lipinski definition) is 3. The molecule has 3 fully saturated rings. The Bertz CT molecular complexity index is 480. The number of amides is 2. The van der Waals surface area contributed by atoms with Crippen molar-refractivity contribution >= 4 is 24.2 Å². The van der Waals surface area contributed by atoms with Crippen LogP contribution in [0.3, 0.4) is 0 Å². The summed E-state index contributed by atoms with van der Waals surface area (Å²) >= 11 is 0. The van der Waals surface area contributed by atoms with Crippen LogP contribution in [0.15, 0.2) is 0 Å². The van der Waals surface area contributed by atoms with Crippen molar-refractivity contribution in [1.82, 2.24) is 15.5 Å². The van der Waals surface area contributed by atoms with Crippen molar-refractivity contribution < 1.29 is 9.59 Å². The first-order valence-corrected chi connectivity index (χ1v) is 11.4. The molecule has 0 aromatic heterocycles. The Morgan fingerprint density at radius 3 is 2.14 bits per heavy atom. The maximum absolute atomic E-state index is 12.9. The first kappa shape index (κ1) is 23.5. The van der Waals surface area contributed by atoms with Crippen molar-refractivity contribution in [2.75, 3.05) is 26.7 Å². The third kappa shape index (κ3) is 6.91. The van der Waals surface area contributed by atoms with Crippen LogP contribution in [0.1, 0.15) is 77.0 Å². The van der Waals surface area contributed by atoms with E-state index in [0.29, 0.717) is 18.2 Å². The van der Waals surface area contributed by atoms with Gasteiger partial charge in [0.05, 0.1) is 0 Å². The van der Waals surface area contributed by atoms with E-state index in [1.54, 1.807) is 0 Å². The fourth-order valence-corrected chi connectivity index (χ4v) is 5.30. The third-order valence-corrected chi connectivity index (χ3v) is 7.12. The van der Waals surface area contributed by atoms with Gasteiger partial charge in [-0.2, -0.15) is 0 Å². The molecule has 1 saturated heterocycles. The van der Waals surface area contributed by atoms with Crippen LogP contribution in [0.25, 0.3) is 0 Å². The summed E-state index contributed by atoms with van der Waals surface area (Å²) in [5, 5.41) is 6.47. The number of nitrogens with one attached hydrogen (secondary N) is 2. The number of piperidine rings is 1. The molecule has 2 N–H and O–H groups in total. The second kappa shape index (κ2) is 12.0. The van der Waals surface area contributed by atoms with E-state index in [1.807, 2.05) is 7.05 Å². The lowest BCUT2D eigenvalue weighted by atomic mass is 9.84. The largest absolute Gasteiger partial charge is 0.353 e. The van der Waals surface area contributed by atoms with Gasteiger partial charge in [-0.05, 0) is 83.2 Å². The van der Waals surface area contributed by atoms with Crippen molar-refractivity contribution in [3.63, 3.8) is 0 Å². The summed E-state index contributed by atoms with van der Waals surface area (Å²) in [5.74, 6) is 2.17. The van der Waals surface area contributed by atoms with Crippen molar-refractivity contribution in [3.8, 4) is 0 Å². The quantitative estimate of drug-likeness (QED) is 0.671. The van der Waals surface area contributed by atoms with Crippen LogP contribution in [-0.4, -0.2) is 49.4 Å². The van der Waals surface area contributed by atoms with E-state index in [9.17, 15) is 9.59 Å². The topological polar surface area (TPSA) is 61.4 Å². The number of likely N-dealkylation sites (tertiary alicyclic amines) is 1. The van der Waals surface area contributed by atoms with Crippen molar-refractivity contribution in [1.29, 1.82) is 0 Å². The highest BCUT2D eigenvalue weighted by atomic mass is 35.5. The van der Waals surface area contributed by atoms with Crippen LogP contribution >= 0.6 is 12.4 Å². The van der Waals surface area contributed by atoms with E-state index >= 15 is 0 Å². The second-order valence-corrected chi connectivity index (χ2v) is 9.13.